The second-order valence-electron chi connectivity index (χ2n) is 7.33. The van der Waals surface area contributed by atoms with E-state index in [1.54, 1.807) is 10.9 Å². The molecule has 1 saturated heterocycles. The van der Waals surface area contributed by atoms with Crippen molar-refractivity contribution >= 4 is 17.5 Å². The average Bonchev–Trinajstić information content (AvgIpc) is 3.19. The van der Waals surface area contributed by atoms with Crippen LogP contribution in [-0.4, -0.2) is 65.0 Å². The number of nitrogens with one attached hydrogen (secondary N) is 2. The van der Waals surface area contributed by atoms with Gasteiger partial charge in [0.1, 0.15) is 17.5 Å². The van der Waals surface area contributed by atoms with Crippen molar-refractivity contribution < 1.29 is 9.53 Å². The Morgan fingerprint density at radius 1 is 1.10 bits per heavy atom. The number of morpholine rings is 1. The van der Waals surface area contributed by atoms with Gasteiger partial charge in [-0.2, -0.15) is 5.10 Å². The van der Waals surface area contributed by atoms with E-state index in [4.69, 9.17) is 4.74 Å². The highest BCUT2D eigenvalue weighted by molar-refractivity contribution is 5.95. The number of ether oxygens (including phenoxy) is 1. The third-order valence-corrected chi connectivity index (χ3v) is 5.13. The fourth-order valence-corrected chi connectivity index (χ4v) is 3.52. The van der Waals surface area contributed by atoms with Crippen molar-refractivity contribution in [3.8, 4) is 5.69 Å². The molecule has 0 spiro atoms. The Bertz CT molecular complexity index is 1030. The van der Waals surface area contributed by atoms with Gasteiger partial charge in [0.25, 0.3) is 5.91 Å². The minimum absolute atomic E-state index is 0.144. The highest BCUT2D eigenvalue weighted by Gasteiger charge is 2.16. The van der Waals surface area contributed by atoms with Crippen LogP contribution in [0.15, 0.2) is 42.6 Å². The van der Waals surface area contributed by atoms with Gasteiger partial charge in [-0.25, -0.2) is 14.6 Å². The fourth-order valence-electron chi connectivity index (χ4n) is 3.52. The van der Waals surface area contributed by atoms with Crippen LogP contribution >= 0.6 is 0 Å². The number of aromatic nitrogens is 4. The van der Waals surface area contributed by atoms with E-state index in [0.29, 0.717) is 37.7 Å². The van der Waals surface area contributed by atoms with Gasteiger partial charge >= 0.3 is 0 Å². The molecule has 4 rings (SSSR count). The highest BCUT2D eigenvalue weighted by atomic mass is 16.5. The number of carbonyl (C=O) groups is 1. The van der Waals surface area contributed by atoms with Crippen molar-refractivity contribution in [3.05, 3.63) is 59.7 Å². The number of hydrogen-bond acceptors (Lipinski definition) is 7. The Balaban J connectivity index is 1.32. The lowest BCUT2D eigenvalue weighted by atomic mass is 10.2. The lowest BCUT2D eigenvalue weighted by Gasteiger charge is -2.28. The SMILES string of the molecule is Cc1nc(NCCNC(=O)c2cnn(-c3ccccc3)c2C)cc(N2CCOCC2)n1. The summed E-state index contributed by atoms with van der Waals surface area (Å²) in [6, 6.07) is 11.7. The van der Waals surface area contributed by atoms with E-state index in [1.807, 2.05) is 50.2 Å². The third-order valence-electron chi connectivity index (χ3n) is 5.13. The molecule has 1 aromatic carbocycles. The quantitative estimate of drug-likeness (QED) is 0.563. The zero-order chi connectivity index (χ0) is 21.6. The first-order chi connectivity index (χ1) is 15.1. The maximum atomic E-state index is 12.6. The summed E-state index contributed by atoms with van der Waals surface area (Å²) in [7, 11) is 0. The number of para-hydroxylation sites is 1. The molecule has 1 fully saturated rings. The summed E-state index contributed by atoms with van der Waals surface area (Å²) in [5.41, 5.74) is 2.30. The molecule has 0 radical (unpaired) electrons. The lowest BCUT2D eigenvalue weighted by molar-refractivity contribution is 0.0954. The predicted molar refractivity (Wildman–Crippen MR) is 119 cm³/mol. The smallest absolute Gasteiger partial charge is 0.254 e. The molecule has 1 aliphatic heterocycles. The van der Waals surface area contributed by atoms with Gasteiger partial charge in [0.15, 0.2) is 0 Å². The van der Waals surface area contributed by atoms with E-state index in [2.05, 4.69) is 30.6 Å². The molecular formula is C22H27N7O2. The average molecular weight is 422 g/mol. The van der Waals surface area contributed by atoms with Gasteiger partial charge in [-0.05, 0) is 26.0 Å². The molecular weight excluding hydrogens is 394 g/mol. The Morgan fingerprint density at radius 3 is 2.65 bits per heavy atom. The van der Waals surface area contributed by atoms with Crippen molar-refractivity contribution in [3.63, 3.8) is 0 Å². The number of hydrogen-bond donors (Lipinski definition) is 2. The standard InChI is InChI=1S/C22H27N7O2/c1-16-19(15-25-29(16)18-6-4-3-5-7-18)22(30)24-9-8-23-20-14-21(27-17(2)26-20)28-10-12-31-13-11-28/h3-7,14-15H,8-13H2,1-2H3,(H,24,30)(H,23,26,27). The molecule has 3 heterocycles. The van der Waals surface area contributed by atoms with Crippen LogP contribution in [0.25, 0.3) is 5.69 Å². The summed E-state index contributed by atoms with van der Waals surface area (Å²) in [5.74, 6) is 2.21. The van der Waals surface area contributed by atoms with Crippen molar-refractivity contribution in [2.45, 2.75) is 13.8 Å². The van der Waals surface area contributed by atoms with Crippen molar-refractivity contribution in [2.75, 3.05) is 49.6 Å². The summed E-state index contributed by atoms with van der Waals surface area (Å²) in [6.07, 6.45) is 1.60. The van der Waals surface area contributed by atoms with Crippen LogP contribution in [0, 0.1) is 13.8 Å². The largest absolute Gasteiger partial charge is 0.378 e. The molecule has 0 bridgehead atoms. The van der Waals surface area contributed by atoms with Gasteiger partial charge in [0.05, 0.1) is 36.4 Å². The van der Waals surface area contributed by atoms with E-state index >= 15 is 0 Å². The van der Waals surface area contributed by atoms with Crippen molar-refractivity contribution in [1.29, 1.82) is 0 Å². The van der Waals surface area contributed by atoms with Crippen LogP contribution in [0.5, 0.6) is 0 Å². The Hall–Kier alpha value is -3.46. The van der Waals surface area contributed by atoms with Crippen LogP contribution < -0.4 is 15.5 Å². The van der Waals surface area contributed by atoms with E-state index in [0.717, 1.165) is 36.1 Å². The summed E-state index contributed by atoms with van der Waals surface area (Å²) in [6.45, 7) is 7.84. The van der Waals surface area contributed by atoms with Crippen LogP contribution in [0.2, 0.25) is 0 Å². The van der Waals surface area contributed by atoms with E-state index < -0.39 is 0 Å². The van der Waals surface area contributed by atoms with Gasteiger partial charge in [0.2, 0.25) is 0 Å². The zero-order valence-corrected chi connectivity index (χ0v) is 17.8. The van der Waals surface area contributed by atoms with Gasteiger partial charge in [-0.3, -0.25) is 4.79 Å². The van der Waals surface area contributed by atoms with Gasteiger partial charge in [0, 0.05) is 32.2 Å². The first-order valence-electron chi connectivity index (χ1n) is 10.4. The van der Waals surface area contributed by atoms with Crippen LogP contribution in [0.1, 0.15) is 21.9 Å². The molecule has 162 valence electrons. The number of rotatable bonds is 7. The topological polar surface area (TPSA) is 97.2 Å². The Kier molecular flexibility index (Phi) is 6.42. The summed E-state index contributed by atoms with van der Waals surface area (Å²) in [4.78, 5) is 23.8. The van der Waals surface area contributed by atoms with Crippen LogP contribution in [0.3, 0.4) is 0 Å². The molecule has 2 aromatic heterocycles. The monoisotopic (exact) mass is 421 g/mol. The normalized spacial score (nSPS) is 13.8. The first kappa shape index (κ1) is 20.8. The molecule has 1 aliphatic rings. The van der Waals surface area contributed by atoms with Gasteiger partial charge in [-0.15, -0.1) is 0 Å². The predicted octanol–water partition coefficient (Wildman–Crippen LogP) is 1.96. The number of carbonyl (C=O) groups excluding carboxylic acids is 1. The molecule has 3 aromatic rings. The number of anilines is 2. The van der Waals surface area contributed by atoms with Crippen LogP contribution in [-0.2, 0) is 4.74 Å². The summed E-state index contributed by atoms with van der Waals surface area (Å²) >= 11 is 0. The molecule has 1 amide bonds. The Morgan fingerprint density at radius 2 is 1.87 bits per heavy atom. The molecule has 9 heteroatoms. The lowest BCUT2D eigenvalue weighted by Crippen LogP contribution is -2.37. The molecule has 9 nitrogen and oxygen atoms in total. The first-order valence-corrected chi connectivity index (χ1v) is 10.4. The second kappa shape index (κ2) is 9.57. The van der Waals surface area contributed by atoms with Gasteiger partial charge in [-0.1, -0.05) is 18.2 Å². The van der Waals surface area contributed by atoms with Gasteiger partial charge < -0.3 is 20.3 Å². The number of aryl methyl sites for hydroxylation is 1. The number of nitrogens with zero attached hydrogens (tertiary/aromatic N) is 5. The summed E-state index contributed by atoms with van der Waals surface area (Å²) in [5, 5.41) is 10.6. The molecule has 31 heavy (non-hydrogen) atoms. The minimum Gasteiger partial charge on any atom is -0.378 e. The third kappa shape index (κ3) is 5.00. The number of benzene rings is 1. The molecule has 0 unspecified atom stereocenters. The maximum absolute atomic E-state index is 12.6. The van der Waals surface area contributed by atoms with Crippen molar-refractivity contribution in [2.24, 2.45) is 0 Å². The second-order valence-corrected chi connectivity index (χ2v) is 7.33. The van der Waals surface area contributed by atoms with Crippen molar-refractivity contribution in [1.82, 2.24) is 25.1 Å². The highest BCUT2D eigenvalue weighted by Crippen LogP contribution is 2.17. The van der Waals surface area contributed by atoms with Crippen LogP contribution in [0.4, 0.5) is 11.6 Å². The van der Waals surface area contributed by atoms with E-state index in [-0.39, 0.29) is 5.91 Å². The molecule has 0 saturated carbocycles. The fraction of sp³-hybridized carbons (Fsp3) is 0.364. The maximum Gasteiger partial charge on any atom is 0.254 e. The molecule has 0 aliphatic carbocycles. The zero-order valence-electron chi connectivity index (χ0n) is 17.8. The van der Waals surface area contributed by atoms with E-state index in [9.17, 15) is 4.79 Å². The Labute approximate surface area is 181 Å². The minimum atomic E-state index is -0.144. The summed E-state index contributed by atoms with van der Waals surface area (Å²) < 4.78 is 7.18. The van der Waals surface area contributed by atoms with E-state index in [1.165, 1.54) is 0 Å². The molecule has 2 N–H and O–H groups in total. The number of amides is 1. The molecule has 0 atom stereocenters.